The Bertz CT molecular complexity index is 675. The number of nitrogens with zero attached hydrogens (tertiary/aromatic N) is 1. The van der Waals surface area contributed by atoms with Gasteiger partial charge in [0.2, 0.25) is 0 Å². The number of aromatic nitrogens is 2. The summed E-state index contributed by atoms with van der Waals surface area (Å²) < 4.78 is 9.78. The minimum atomic E-state index is 0.757. The summed E-state index contributed by atoms with van der Waals surface area (Å²) in [6.07, 6.45) is 3.94. The zero-order chi connectivity index (χ0) is 13.4. The topological polar surface area (TPSA) is 29.9 Å². The Hall–Kier alpha value is -1.07. The van der Waals surface area contributed by atoms with Crippen LogP contribution in [0.25, 0.3) is 0 Å². The molecule has 0 aliphatic carbocycles. The Labute approximate surface area is 125 Å². The Morgan fingerprint density at radius 2 is 2.32 bits per heavy atom. The van der Waals surface area contributed by atoms with Crippen molar-refractivity contribution in [3.8, 4) is 5.75 Å². The standard InChI is InChI=1S/C14H15BrN2OS/c1-2-12-7-16-14(19)17(12)8-10-6-11(15)5-9-3-4-18-13(9)10/h5-7H,2-4,8H2,1H3,(H,16,19). The molecule has 0 unspecified atom stereocenters. The normalized spacial score (nSPS) is 13.4. The molecule has 1 N–H and O–H groups in total. The van der Waals surface area contributed by atoms with E-state index in [0.717, 1.165) is 41.0 Å². The molecule has 0 fully saturated rings. The molecule has 0 amide bonds. The van der Waals surface area contributed by atoms with Crippen molar-refractivity contribution in [1.82, 2.24) is 9.55 Å². The molecular weight excluding hydrogens is 324 g/mol. The highest BCUT2D eigenvalue weighted by Crippen LogP contribution is 2.33. The van der Waals surface area contributed by atoms with Crippen molar-refractivity contribution < 1.29 is 4.74 Å². The van der Waals surface area contributed by atoms with Crippen LogP contribution in [0.2, 0.25) is 0 Å². The van der Waals surface area contributed by atoms with Crippen LogP contribution in [0.4, 0.5) is 0 Å². The lowest BCUT2D eigenvalue weighted by Crippen LogP contribution is -2.05. The van der Waals surface area contributed by atoms with Crippen molar-refractivity contribution in [2.45, 2.75) is 26.3 Å². The first-order valence-corrected chi connectivity index (χ1v) is 7.60. The molecule has 1 aliphatic heterocycles. The highest BCUT2D eigenvalue weighted by atomic mass is 79.9. The molecule has 0 atom stereocenters. The highest BCUT2D eigenvalue weighted by Gasteiger charge is 2.18. The van der Waals surface area contributed by atoms with Crippen LogP contribution in [0.5, 0.6) is 5.75 Å². The van der Waals surface area contributed by atoms with Gasteiger partial charge in [-0.25, -0.2) is 0 Å². The monoisotopic (exact) mass is 338 g/mol. The summed E-state index contributed by atoms with van der Waals surface area (Å²) in [5, 5.41) is 0. The van der Waals surface area contributed by atoms with Crippen LogP contribution in [-0.4, -0.2) is 16.2 Å². The lowest BCUT2D eigenvalue weighted by atomic mass is 10.1. The maximum Gasteiger partial charge on any atom is 0.177 e. The Kier molecular flexibility index (Phi) is 3.50. The van der Waals surface area contributed by atoms with E-state index >= 15 is 0 Å². The van der Waals surface area contributed by atoms with Gasteiger partial charge in [0.25, 0.3) is 0 Å². The summed E-state index contributed by atoms with van der Waals surface area (Å²) in [5.74, 6) is 1.04. The van der Waals surface area contributed by atoms with Crippen LogP contribution in [0, 0.1) is 4.77 Å². The predicted molar refractivity (Wildman–Crippen MR) is 81.4 cm³/mol. The molecule has 2 heterocycles. The summed E-state index contributed by atoms with van der Waals surface area (Å²) in [5.41, 5.74) is 3.69. The number of aromatic amines is 1. The number of benzene rings is 1. The van der Waals surface area contributed by atoms with Gasteiger partial charge >= 0.3 is 0 Å². The zero-order valence-corrected chi connectivity index (χ0v) is 13.1. The second-order valence-electron chi connectivity index (χ2n) is 4.68. The molecule has 5 heteroatoms. The fourth-order valence-electron chi connectivity index (χ4n) is 2.53. The fraction of sp³-hybridized carbons (Fsp3) is 0.357. The largest absolute Gasteiger partial charge is 0.493 e. The Morgan fingerprint density at radius 1 is 1.47 bits per heavy atom. The number of hydrogen-bond donors (Lipinski definition) is 1. The lowest BCUT2D eigenvalue weighted by Gasteiger charge is -2.12. The van der Waals surface area contributed by atoms with E-state index in [1.165, 1.54) is 16.8 Å². The Balaban J connectivity index is 2.04. The summed E-state index contributed by atoms with van der Waals surface area (Å²) in [6, 6.07) is 4.27. The molecule has 1 aromatic carbocycles. The number of imidazole rings is 1. The van der Waals surface area contributed by atoms with Crippen molar-refractivity contribution >= 4 is 28.1 Å². The third-order valence-corrected chi connectivity index (χ3v) is 4.27. The molecule has 0 saturated carbocycles. The molecule has 2 aromatic rings. The van der Waals surface area contributed by atoms with Crippen molar-refractivity contribution in [1.29, 1.82) is 0 Å². The number of aryl methyl sites for hydroxylation is 1. The maximum absolute atomic E-state index is 5.77. The van der Waals surface area contributed by atoms with Crippen LogP contribution in [0.15, 0.2) is 22.8 Å². The van der Waals surface area contributed by atoms with Crippen LogP contribution in [-0.2, 0) is 19.4 Å². The van der Waals surface area contributed by atoms with Crippen molar-refractivity contribution in [3.05, 3.63) is 44.4 Å². The quantitative estimate of drug-likeness (QED) is 0.861. The maximum atomic E-state index is 5.77. The molecule has 0 radical (unpaired) electrons. The second kappa shape index (κ2) is 5.13. The smallest absolute Gasteiger partial charge is 0.177 e. The summed E-state index contributed by atoms with van der Waals surface area (Å²) in [7, 11) is 0. The molecule has 0 bridgehead atoms. The third-order valence-electron chi connectivity index (χ3n) is 3.47. The predicted octanol–water partition coefficient (Wildman–Crippen LogP) is 3.85. The molecule has 0 saturated heterocycles. The minimum absolute atomic E-state index is 0.757. The fourth-order valence-corrected chi connectivity index (χ4v) is 3.32. The summed E-state index contributed by atoms with van der Waals surface area (Å²) >= 11 is 8.93. The van der Waals surface area contributed by atoms with Gasteiger partial charge in [0.1, 0.15) is 5.75 Å². The average Bonchev–Trinajstić information content (AvgIpc) is 2.97. The van der Waals surface area contributed by atoms with Gasteiger partial charge in [-0.3, -0.25) is 0 Å². The van der Waals surface area contributed by atoms with Gasteiger partial charge in [0, 0.05) is 28.3 Å². The number of rotatable bonds is 3. The van der Waals surface area contributed by atoms with Gasteiger partial charge in [0.05, 0.1) is 13.2 Å². The average molecular weight is 339 g/mol. The molecular formula is C14H15BrN2OS. The number of hydrogen-bond acceptors (Lipinski definition) is 2. The van der Waals surface area contributed by atoms with E-state index in [-0.39, 0.29) is 0 Å². The van der Waals surface area contributed by atoms with Crippen LogP contribution in [0.3, 0.4) is 0 Å². The first kappa shape index (κ1) is 12.9. The number of H-pyrrole nitrogens is 1. The number of halogens is 1. The van der Waals surface area contributed by atoms with E-state index in [1.54, 1.807) is 0 Å². The molecule has 3 nitrogen and oxygen atoms in total. The van der Waals surface area contributed by atoms with Gasteiger partial charge in [-0.1, -0.05) is 22.9 Å². The van der Waals surface area contributed by atoms with E-state index in [2.05, 4.69) is 44.5 Å². The minimum Gasteiger partial charge on any atom is -0.493 e. The molecule has 19 heavy (non-hydrogen) atoms. The Morgan fingerprint density at radius 3 is 3.11 bits per heavy atom. The van der Waals surface area contributed by atoms with Gasteiger partial charge in [-0.2, -0.15) is 0 Å². The highest BCUT2D eigenvalue weighted by molar-refractivity contribution is 9.10. The van der Waals surface area contributed by atoms with Crippen LogP contribution < -0.4 is 4.74 Å². The van der Waals surface area contributed by atoms with Gasteiger partial charge in [-0.15, -0.1) is 0 Å². The number of ether oxygens (including phenoxy) is 1. The SMILES string of the molecule is CCc1c[nH]c(=S)n1Cc1cc(Br)cc2c1OCC2. The first-order chi connectivity index (χ1) is 9.19. The van der Waals surface area contributed by atoms with Gasteiger partial charge in [-0.05, 0) is 36.3 Å². The van der Waals surface area contributed by atoms with E-state index in [4.69, 9.17) is 17.0 Å². The van der Waals surface area contributed by atoms with E-state index in [9.17, 15) is 0 Å². The van der Waals surface area contributed by atoms with E-state index < -0.39 is 0 Å². The number of fused-ring (bicyclic) bond motifs is 1. The van der Waals surface area contributed by atoms with Crippen LogP contribution >= 0.6 is 28.1 Å². The second-order valence-corrected chi connectivity index (χ2v) is 5.98. The van der Waals surface area contributed by atoms with Crippen molar-refractivity contribution in [2.75, 3.05) is 6.61 Å². The van der Waals surface area contributed by atoms with E-state index in [0.29, 0.717) is 0 Å². The van der Waals surface area contributed by atoms with E-state index in [1.807, 2.05) is 6.20 Å². The molecule has 3 rings (SSSR count). The van der Waals surface area contributed by atoms with Crippen molar-refractivity contribution in [3.63, 3.8) is 0 Å². The van der Waals surface area contributed by atoms with Crippen LogP contribution in [0.1, 0.15) is 23.7 Å². The third kappa shape index (κ3) is 2.37. The molecule has 1 aromatic heterocycles. The molecule has 100 valence electrons. The zero-order valence-electron chi connectivity index (χ0n) is 10.7. The lowest BCUT2D eigenvalue weighted by molar-refractivity contribution is 0.352. The number of nitrogens with one attached hydrogen (secondary N) is 1. The van der Waals surface area contributed by atoms with Gasteiger partial charge in [0.15, 0.2) is 4.77 Å². The van der Waals surface area contributed by atoms with Gasteiger partial charge < -0.3 is 14.3 Å². The molecule has 1 aliphatic rings. The summed E-state index contributed by atoms with van der Waals surface area (Å²) in [6.45, 7) is 3.67. The first-order valence-electron chi connectivity index (χ1n) is 6.40. The molecule has 0 spiro atoms. The summed E-state index contributed by atoms with van der Waals surface area (Å²) in [4.78, 5) is 3.12. The van der Waals surface area contributed by atoms with Crippen molar-refractivity contribution in [2.24, 2.45) is 0 Å².